The van der Waals surface area contributed by atoms with Crippen LogP contribution in [0.1, 0.15) is 21.5 Å². The van der Waals surface area contributed by atoms with Crippen molar-refractivity contribution >= 4 is 22.6 Å². The molecule has 0 unspecified atom stereocenters. The molecule has 2 aromatic carbocycles. The van der Waals surface area contributed by atoms with E-state index in [1.54, 1.807) is 35.3 Å². The molecule has 0 spiro atoms. The van der Waals surface area contributed by atoms with Crippen LogP contribution in [0, 0.1) is 6.92 Å². The summed E-state index contributed by atoms with van der Waals surface area (Å²) in [7, 11) is 1.52. The molecule has 1 N–H and O–H groups in total. The fourth-order valence-corrected chi connectivity index (χ4v) is 3.05. The number of hydrogen-bond donors (Lipinski definition) is 1. The second-order valence-corrected chi connectivity index (χ2v) is 6.71. The second kappa shape index (κ2) is 7.63. The molecular weight excluding hydrogens is 370 g/mol. The molecule has 0 bridgehead atoms. The first kappa shape index (κ1) is 18.5. The highest BCUT2D eigenvalue weighted by Gasteiger charge is 2.15. The first-order valence-corrected chi connectivity index (χ1v) is 9.03. The standard InChI is InChI=1S/C22H19N3O4/c1-14-3-5-15(6-4-14)12-25-13-16(11-23-25)24-22(27)19-10-21(26)29-20-9-17(28-2)7-8-18(19)20/h3-11,13H,12H2,1-2H3,(H,24,27). The van der Waals surface area contributed by atoms with E-state index in [9.17, 15) is 9.59 Å². The van der Waals surface area contributed by atoms with E-state index in [2.05, 4.69) is 10.4 Å². The van der Waals surface area contributed by atoms with Gasteiger partial charge < -0.3 is 14.5 Å². The summed E-state index contributed by atoms with van der Waals surface area (Å²) in [4.78, 5) is 24.7. The SMILES string of the molecule is COc1ccc2c(C(=O)Nc3cnn(Cc4ccc(C)cc4)c3)cc(=O)oc2c1. The van der Waals surface area contributed by atoms with Crippen LogP contribution in [0.5, 0.6) is 5.75 Å². The van der Waals surface area contributed by atoms with Crippen molar-refractivity contribution in [2.24, 2.45) is 0 Å². The smallest absolute Gasteiger partial charge is 0.337 e. The van der Waals surface area contributed by atoms with Gasteiger partial charge in [-0.05, 0) is 24.6 Å². The number of nitrogens with one attached hydrogen (secondary N) is 1. The van der Waals surface area contributed by atoms with Crippen LogP contribution < -0.4 is 15.7 Å². The van der Waals surface area contributed by atoms with Crippen molar-refractivity contribution in [3.8, 4) is 5.75 Å². The molecule has 2 aromatic heterocycles. The molecule has 0 saturated heterocycles. The zero-order chi connectivity index (χ0) is 20.4. The first-order chi connectivity index (χ1) is 14.0. The molecule has 29 heavy (non-hydrogen) atoms. The van der Waals surface area contributed by atoms with Crippen molar-refractivity contribution in [2.75, 3.05) is 12.4 Å². The van der Waals surface area contributed by atoms with E-state index in [4.69, 9.17) is 9.15 Å². The van der Waals surface area contributed by atoms with Gasteiger partial charge in [0.1, 0.15) is 11.3 Å². The number of methoxy groups -OCH3 is 1. The lowest BCUT2D eigenvalue weighted by Gasteiger charge is -2.07. The van der Waals surface area contributed by atoms with E-state index in [0.29, 0.717) is 23.4 Å². The van der Waals surface area contributed by atoms with Gasteiger partial charge in [-0.2, -0.15) is 5.10 Å². The molecule has 0 atom stereocenters. The van der Waals surface area contributed by atoms with E-state index in [-0.39, 0.29) is 11.1 Å². The Morgan fingerprint density at radius 2 is 1.97 bits per heavy atom. The minimum Gasteiger partial charge on any atom is -0.497 e. The number of carbonyl (C=O) groups excluding carboxylic acids is 1. The zero-order valence-corrected chi connectivity index (χ0v) is 16.0. The molecule has 7 nitrogen and oxygen atoms in total. The molecule has 0 aliphatic heterocycles. The van der Waals surface area contributed by atoms with E-state index in [1.807, 2.05) is 31.2 Å². The average molecular weight is 389 g/mol. The molecule has 7 heteroatoms. The van der Waals surface area contributed by atoms with Crippen molar-refractivity contribution in [1.82, 2.24) is 9.78 Å². The first-order valence-electron chi connectivity index (χ1n) is 9.03. The number of amides is 1. The molecule has 2 heterocycles. The minimum absolute atomic E-state index is 0.227. The van der Waals surface area contributed by atoms with E-state index < -0.39 is 11.5 Å². The van der Waals surface area contributed by atoms with Crippen LogP contribution in [0.2, 0.25) is 0 Å². The van der Waals surface area contributed by atoms with Crippen LogP contribution in [0.25, 0.3) is 11.0 Å². The highest BCUT2D eigenvalue weighted by Crippen LogP contribution is 2.23. The quantitative estimate of drug-likeness (QED) is 0.527. The molecule has 1 amide bonds. The average Bonchev–Trinajstić information content (AvgIpc) is 3.15. The van der Waals surface area contributed by atoms with Gasteiger partial charge in [0.15, 0.2) is 0 Å². The number of aryl methyl sites for hydroxylation is 1. The lowest BCUT2D eigenvalue weighted by molar-refractivity contribution is 0.102. The molecule has 4 aromatic rings. The van der Waals surface area contributed by atoms with Gasteiger partial charge in [0, 0.05) is 23.7 Å². The van der Waals surface area contributed by atoms with Crippen LogP contribution in [0.15, 0.2) is 70.1 Å². The summed E-state index contributed by atoms with van der Waals surface area (Å²) in [6.45, 7) is 2.63. The fourth-order valence-electron chi connectivity index (χ4n) is 3.05. The minimum atomic E-state index is -0.606. The number of nitrogens with zero attached hydrogens (tertiary/aromatic N) is 2. The number of hydrogen-bond acceptors (Lipinski definition) is 5. The summed E-state index contributed by atoms with van der Waals surface area (Å²) < 4.78 is 12.1. The summed E-state index contributed by atoms with van der Waals surface area (Å²) in [6, 6.07) is 14.3. The number of aromatic nitrogens is 2. The second-order valence-electron chi connectivity index (χ2n) is 6.71. The van der Waals surface area contributed by atoms with E-state index in [1.165, 1.54) is 18.7 Å². The Kier molecular flexibility index (Phi) is 4.87. The number of fused-ring (bicyclic) bond motifs is 1. The highest BCUT2D eigenvalue weighted by molar-refractivity contribution is 6.12. The molecular formula is C22H19N3O4. The zero-order valence-electron chi connectivity index (χ0n) is 16.0. The third kappa shape index (κ3) is 4.03. The van der Waals surface area contributed by atoms with E-state index in [0.717, 1.165) is 5.56 Å². The molecule has 4 rings (SSSR count). The van der Waals surface area contributed by atoms with Crippen molar-refractivity contribution < 1.29 is 13.9 Å². The summed E-state index contributed by atoms with van der Waals surface area (Å²) in [6.07, 6.45) is 3.32. The van der Waals surface area contributed by atoms with Crippen LogP contribution in [0.3, 0.4) is 0 Å². The lowest BCUT2D eigenvalue weighted by Crippen LogP contribution is -2.15. The Hall–Kier alpha value is -3.87. The Balaban J connectivity index is 1.56. The lowest BCUT2D eigenvalue weighted by atomic mass is 10.1. The molecule has 0 fully saturated rings. The fraction of sp³-hybridized carbons (Fsp3) is 0.136. The predicted octanol–water partition coefficient (Wildman–Crippen LogP) is 3.61. The van der Waals surface area contributed by atoms with Gasteiger partial charge >= 0.3 is 5.63 Å². The molecule has 146 valence electrons. The third-order valence-corrected chi connectivity index (χ3v) is 4.55. The largest absolute Gasteiger partial charge is 0.497 e. The summed E-state index contributed by atoms with van der Waals surface area (Å²) in [5, 5.41) is 7.60. The van der Waals surface area contributed by atoms with Crippen LogP contribution in [-0.4, -0.2) is 22.8 Å². The van der Waals surface area contributed by atoms with Gasteiger partial charge in [-0.25, -0.2) is 4.79 Å². The Morgan fingerprint density at radius 3 is 2.72 bits per heavy atom. The monoisotopic (exact) mass is 389 g/mol. The predicted molar refractivity (Wildman–Crippen MR) is 109 cm³/mol. The van der Waals surface area contributed by atoms with Gasteiger partial charge in [-0.15, -0.1) is 0 Å². The van der Waals surface area contributed by atoms with Crippen LogP contribution in [0.4, 0.5) is 5.69 Å². The van der Waals surface area contributed by atoms with Gasteiger partial charge in [-0.3, -0.25) is 9.48 Å². The van der Waals surface area contributed by atoms with Crippen molar-refractivity contribution in [3.63, 3.8) is 0 Å². The van der Waals surface area contributed by atoms with Crippen LogP contribution in [-0.2, 0) is 6.54 Å². The van der Waals surface area contributed by atoms with E-state index >= 15 is 0 Å². The van der Waals surface area contributed by atoms with Gasteiger partial charge in [0.05, 0.1) is 31.1 Å². The number of benzene rings is 2. The summed E-state index contributed by atoms with van der Waals surface area (Å²) in [5.41, 5.74) is 2.75. The Labute approximate surface area is 166 Å². The normalized spacial score (nSPS) is 10.8. The van der Waals surface area contributed by atoms with Gasteiger partial charge in [-0.1, -0.05) is 29.8 Å². The maximum atomic E-state index is 12.8. The van der Waals surface area contributed by atoms with Crippen molar-refractivity contribution in [3.05, 3.63) is 88.0 Å². The third-order valence-electron chi connectivity index (χ3n) is 4.55. The van der Waals surface area contributed by atoms with Gasteiger partial charge in [0.2, 0.25) is 0 Å². The van der Waals surface area contributed by atoms with Crippen molar-refractivity contribution in [2.45, 2.75) is 13.5 Å². The number of ether oxygens (including phenoxy) is 1. The molecule has 0 aliphatic rings. The maximum absolute atomic E-state index is 12.8. The Bertz CT molecular complexity index is 1240. The molecule has 0 saturated carbocycles. The summed E-state index contributed by atoms with van der Waals surface area (Å²) in [5.74, 6) is 0.124. The Morgan fingerprint density at radius 1 is 1.17 bits per heavy atom. The van der Waals surface area contributed by atoms with Gasteiger partial charge in [0.25, 0.3) is 5.91 Å². The summed E-state index contributed by atoms with van der Waals surface area (Å²) >= 11 is 0. The molecule has 0 aliphatic carbocycles. The number of rotatable bonds is 5. The number of anilines is 1. The maximum Gasteiger partial charge on any atom is 0.337 e. The highest BCUT2D eigenvalue weighted by atomic mass is 16.5. The topological polar surface area (TPSA) is 86.4 Å². The van der Waals surface area contributed by atoms with Crippen LogP contribution >= 0.6 is 0 Å². The van der Waals surface area contributed by atoms with Crippen molar-refractivity contribution in [1.29, 1.82) is 0 Å². The number of carbonyl (C=O) groups is 1. The molecule has 0 radical (unpaired) electrons.